The third-order valence-electron chi connectivity index (χ3n) is 3.23. The molecule has 0 aliphatic carbocycles. The first-order valence-electron chi connectivity index (χ1n) is 6.27. The van der Waals surface area contributed by atoms with Gasteiger partial charge in [0.15, 0.2) is 5.82 Å². The van der Waals surface area contributed by atoms with E-state index in [0.29, 0.717) is 41.2 Å². The van der Waals surface area contributed by atoms with Crippen LogP contribution in [0.1, 0.15) is 22.2 Å². The van der Waals surface area contributed by atoms with Crippen LogP contribution in [-0.4, -0.2) is 40.7 Å². The molecule has 3 rings (SSSR count). The first kappa shape index (κ1) is 14.3. The summed E-state index contributed by atoms with van der Waals surface area (Å²) in [4.78, 5) is 18.3. The first-order valence-corrected chi connectivity index (χ1v) is 7.02. The average molecular weight is 328 g/mol. The summed E-state index contributed by atoms with van der Waals surface area (Å²) in [5.41, 5.74) is 0.458. The van der Waals surface area contributed by atoms with Crippen molar-refractivity contribution in [2.24, 2.45) is 0 Å². The number of amides is 1. The lowest BCUT2D eigenvalue weighted by molar-refractivity contribution is -0.00576. The van der Waals surface area contributed by atoms with Gasteiger partial charge in [0.2, 0.25) is 6.39 Å². The summed E-state index contributed by atoms with van der Waals surface area (Å²) in [6.45, 7) is 1.23. The Morgan fingerprint density at radius 2 is 2.19 bits per heavy atom. The zero-order valence-corrected chi connectivity index (χ0v) is 12.3. The standard InChI is InChI=1S/C13H11Cl2N3O3/c14-9-2-1-8(5-10(9)15)13(19)18-3-4-20-6-11(18)12-16-7-21-17-12/h1-2,5,7,11H,3-4,6H2/t11-/m0/s1. The van der Waals surface area contributed by atoms with Crippen LogP contribution < -0.4 is 0 Å². The summed E-state index contributed by atoms with van der Waals surface area (Å²) in [6.07, 6.45) is 1.23. The number of carbonyl (C=O) groups is 1. The number of hydrogen-bond donors (Lipinski definition) is 0. The lowest BCUT2D eigenvalue weighted by atomic mass is 10.1. The minimum absolute atomic E-state index is 0.174. The largest absolute Gasteiger partial charge is 0.377 e. The number of rotatable bonds is 2. The summed E-state index contributed by atoms with van der Waals surface area (Å²) in [5.74, 6) is 0.245. The van der Waals surface area contributed by atoms with E-state index in [0.717, 1.165) is 0 Å². The fourth-order valence-electron chi connectivity index (χ4n) is 2.18. The third kappa shape index (κ3) is 2.88. The molecule has 21 heavy (non-hydrogen) atoms. The number of aromatic nitrogens is 2. The zero-order valence-electron chi connectivity index (χ0n) is 10.8. The second-order valence-electron chi connectivity index (χ2n) is 4.51. The summed E-state index contributed by atoms with van der Waals surface area (Å²) < 4.78 is 10.1. The predicted molar refractivity (Wildman–Crippen MR) is 75.4 cm³/mol. The molecule has 1 aromatic heterocycles. The molecule has 1 amide bonds. The second-order valence-corrected chi connectivity index (χ2v) is 5.32. The highest BCUT2D eigenvalue weighted by Crippen LogP contribution is 2.27. The van der Waals surface area contributed by atoms with Gasteiger partial charge in [0.1, 0.15) is 6.04 Å². The number of morpholine rings is 1. The molecule has 1 aliphatic heterocycles. The molecule has 1 saturated heterocycles. The molecule has 0 radical (unpaired) electrons. The molecule has 0 spiro atoms. The van der Waals surface area contributed by atoms with Gasteiger partial charge in [-0.05, 0) is 18.2 Å². The van der Waals surface area contributed by atoms with Crippen LogP contribution >= 0.6 is 23.2 Å². The molecule has 1 aromatic carbocycles. The van der Waals surface area contributed by atoms with Crippen molar-refractivity contribution in [2.75, 3.05) is 19.8 Å². The topological polar surface area (TPSA) is 68.5 Å². The van der Waals surface area contributed by atoms with Gasteiger partial charge in [-0.3, -0.25) is 4.79 Å². The van der Waals surface area contributed by atoms with Gasteiger partial charge in [-0.2, -0.15) is 4.98 Å². The fraction of sp³-hybridized carbons (Fsp3) is 0.308. The van der Waals surface area contributed by atoms with Crippen molar-refractivity contribution in [3.05, 3.63) is 46.0 Å². The Morgan fingerprint density at radius 3 is 2.90 bits per heavy atom. The molecule has 1 fully saturated rings. The Labute approximate surface area is 130 Å². The average Bonchev–Trinajstić information content (AvgIpc) is 3.03. The monoisotopic (exact) mass is 327 g/mol. The Hall–Kier alpha value is -1.63. The fourth-order valence-corrected chi connectivity index (χ4v) is 2.48. The van der Waals surface area contributed by atoms with Crippen molar-refractivity contribution in [3.63, 3.8) is 0 Å². The van der Waals surface area contributed by atoms with E-state index >= 15 is 0 Å². The van der Waals surface area contributed by atoms with E-state index in [2.05, 4.69) is 10.1 Å². The molecule has 1 atom stereocenters. The van der Waals surface area contributed by atoms with Crippen molar-refractivity contribution in [1.29, 1.82) is 0 Å². The Kier molecular flexibility index (Phi) is 4.10. The molecule has 6 nitrogen and oxygen atoms in total. The highest BCUT2D eigenvalue weighted by atomic mass is 35.5. The molecule has 0 saturated carbocycles. The van der Waals surface area contributed by atoms with E-state index in [1.54, 1.807) is 23.1 Å². The maximum atomic E-state index is 12.7. The smallest absolute Gasteiger partial charge is 0.254 e. The summed E-state index contributed by atoms with van der Waals surface area (Å²) in [7, 11) is 0. The molecular weight excluding hydrogens is 317 g/mol. The van der Waals surface area contributed by atoms with Crippen LogP contribution in [0.2, 0.25) is 10.0 Å². The SMILES string of the molecule is O=C(c1ccc(Cl)c(Cl)c1)N1CCOC[C@H]1c1ncon1. The second kappa shape index (κ2) is 6.01. The van der Waals surface area contributed by atoms with Crippen molar-refractivity contribution >= 4 is 29.1 Å². The Morgan fingerprint density at radius 1 is 1.33 bits per heavy atom. The Balaban J connectivity index is 1.89. The van der Waals surface area contributed by atoms with Crippen molar-refractivity contribution < 1.29 is 14.1 Å². The molecule has 1 aliphatic rings. The molecule has 110 valence electrons. The normalized spacial score (nSPS) is 18.8. The van der Waals surface area contributed by atoms with Gasteiger partial charge in [-0.1, -0.05) is 28.4 Å². The van der Waals surface area contributed by atoms with Gasteiger partial charge in [0, 0.05) is 12.1 Å². The highest BCUT2D eigenvalue weighted by molar-refractivity contribution is 6.42. The van der Waals surface area contributed by atoms with Crippen LogP contribution in [0, 0.1) is 0 Å². The van der Waals surface area contributed by atoms with E-state index in [1.165, 1.54) is 6.39 Å². The molecule has 8 heteroatoms. The van der Waals surface area contributed by atoms with Gasteiger partial charge < -0.3 is 14.2 Å². The maximum Gasteiger partial charge on any atom is 0.254 e. The number of ether oxygens (including phenoxy) is 1. The number of hydrogen-bond acceptors (Lipinski definition) is 5. The van der Waals surface area contributed by atoms with E-state index in [9.17, 15) is 4.79 Å². The summed E-state index contributed by atoms with van der Waals surface area (Å²) in [6, 6.07) is 4.41. The number of benzene rings is 1. The van der Waals surface area contributed by atoms with Gasteiger partial charge in [0.25, 0.3) is 5.91 Å². The third-order valence-corrected chi connectivity index (χ3v) is 3.97. The van der Waals surface area contributed by atoms with E-state index in [4.69, 9.17) is 32.5 Å². The van der Waals surface area contributed by atoms with Crippen LogP contribution in [0.3, 0.4) is 0 Å². The minimum atomic E-state index is -0.376. The van der Waals surface area contributed by atoms with Crippen LogP contribution in [-0.2, 0) is 4.74 Å². The van der Waals surface area contributed by atoms with Crippen molar-refractivity contribution in [1.82, 2.24) is 15.0 Å². The molecule has 2 heterocycles. The van der Waals surface area contributed by atoms with Gasteiger partial charge in [0.05, 0.1) is 23.3 Å². The number of carbonyl (C=O) groups excluding carboxylic acids is 1. The molecule has 0 bridgehead atoms. The molecular formula is C13H11Cl2N3O3. The zero-order chi connectivity index (χ0) is 14.8. The lowest BCUT2D eigenvalue weighted by Crippen LogP contribution is -2.43. The maximum absolute atomic E-state index is 12.7. The van der Waals surface area contributed by atoms with Crippen LogP contribution in [0.15, 0.2) is 29.1 Å². The lowest BCUT2D eigenvalue weighted by Gasteiger charge is -2.33. The van der Waals surface area contributed by atoms with Crippen LogP contribution in [0.25, 0.3) is 0 Å². The predicted octanol–water partition coefficient (Wildman–Crippen LogP) is 2.59. The summed E-state index contributed by atoms with van der Waals surface area (Å²) in [5, 5.41) is 4.54. The Bertz CT molecular complexity index is 648. The van der Waals surface area contributed by atoms with Gasteiger partial charge >= 0.3 is 0 Å². The quantitative estimate of drug-likeness (QED) is 0.848. The number of nitrogens with zero attached hydrogens (tertiary/aromatic N) is 3. The first-order chi connectivity index (χ1) is 10.2. The van der Waals surface area contributed by atoms with Crippen LogP contribution in [0.5, 0.6) is 0 Å². The molecule has 2 aromatic rings. The van der Waals surface area contributed by atoms with E-state index in [-0.39, 0.29) is 11.9 Å². The van der Waals surface area contributed by atoms with E-state index < -0.39 is 0 Å². The van der Waals surface area contributed by atoms with Crippen molar-refractivity contribution in [2.45, 2.75) is 6.04 Å². The van der Waals surface area contributed by atoms with E-state index in [1.807, 2.05) is 0 Å². The number of halogens is 2. The van der Waals surface area contributed by atoms with Gasteiger partial charge in [-0.25, -0.2) is 0 Å². The molecule has 0 N–H and O–H groups in total. The van der Waals surface area contributed by atoms with Crippen LogP contribution in [0.4, 0.5) is 0 Å². The van der Waals surface area contributed by atoms with Gasteiger partial charge in [-0.15, -0.1) is 0 Å². The highest BCUT2D eigenvalue weighted by Gasteiger charge is 2.32. The summed E-state index contributed by atoms with van der Waals surface area (Å²) >= 11 is 11.8. The van der Waals surface area contributed by atoms with Crippen molar-refractivity contribution in [3.8, 4) is 0 Å². The minimum Gasteiger partial charge on any atom is -0.377 e. The molecule has 0 unspecified atom stereocenters.